The van der Waals surface area contributed by atoms with E-state index in [2.05, 4.69) is 5.32 Å². The van der Waals surface area contributed by atoms with Crippen molar-refractivity contribution in [1.29, 1.82) is 0 Å². The van der Waals surface area contributed by atoms with Gasteiger partial charge in [-0.2, -0.15) is 11.8 Å². The molecule has 0 aromatic heterocycles. The minimum Gasteiger partial charge on any atom is -0.495 e. The van der Waals surface area contributed by atoms with Gasteiger partial charge in [-0.25, -0.2) is 0 Å². The average Bonchev–Trinajstić information content (AvgIpc) is 2.73. The first-order chi connectivity index (χ1) is 8.60. The van der Waals surface area contributed by atoms with Crippen molar-refractivity contribution in [3.8, 4) is 5.75 Å². The first-order valence-corrected chi connectivity index (χ1v) is 6.98. The van der Waals surface area contributed by atoms with Crippen LogP contribution >= 0.6 is 11.8 Å². The Morgan fingerprint density at radius 1 is 1.56 bits per heavy atom. The number of nitrogens with one attached hydrogen (secondary N) is 1. The highest BCUT2D eigenvalue weighted by atomic mass is 32.2. The number of amides is 1. The fourth-order valence-electron chi connectivity index (χ4n) is 2.28. The van der Waals surface area contributed by atoms with Crippen molar-refractivity contribution >= 4 is 23.4 Å². The molecular weight excluding hydrogens is 248 g/mol. The Morgan fingerprint density at radius 3 is 2.83 bits per heavy atom. The maximum Gasteiger partial charge on any atom is 0.244 e. The number of para-hydroxylation sites is 2. The summed E-state index contributed by atoms with van der Waals surface area (Å²) in [7, 11) is 1.62. The van der Waals surface area contributed by atoms with Crippen LogP contribution in [0.1, 0.15) is 13.3 Å². The zero-order chi connectivity index (χ0) is 13.2. The van der Waals surface area contributed by atoms with Crippen LogP contribution in [-0.4, -0.2) is 29.6 Å². The quantitative estimate of drug-likeness (QED) is 0.873. The molecule has 4 nitrogen and oxygen atoms in total. The van der Waals surface area contributed by atoms with Crippen molar-refractivity contribution in [2.75, 3.05) is 18.2 Å². The number of thioether (sulfide) groups is 1. The lowest BCUT2D eigenvalue weighted by molar-refractivity contribution is -0.122. The summed E-state index contributed by atoms with van der Waals surface area (Å²) in [6, 6.07) is 7.57. The van der Waals surface area contributed by atoms with E-state index in [0.29, 0.717) is 0 Å². The van der Waals surface area contributed by atoms with Gasteiger partial charge in [-0.1, -0.05) is 19.1 Å². The molecule has 1 aliphatic rings. The molecule has 1 saturated heterocycles. The second-order valence-corrected chi connectivity index (χ2v) is 5.87. The first kappa shape index (κ1) is 13.1. The molecule has 1 amide bonds. The lowest BCUT2D eigenvalue weighted by Crippen LogP contribution is -2.54. The monoisotopic (exact) mass is 266 g/mol. The van der Waals surface area contributed by atoms with Gasteiger partial charge in [-0.15, -0.1) is 0 Å². The van der Waals surface area contributed by atoms with Gasteiger partial charge < -0.3 is 15.8 Å². The van der Waals surface area contributed by atoms with E-state index in [-0.39, 0.29) is 11.2 Å². The summed E-state index contributed by atoms with van der Waals surface area (Å²) in [5.74, 6) is 1.36. The van der Waals surface area contributed by atoms with Crippen LogP contribution in [0.2, 0.25) is 0 Å². The van der Waals surface area contributed by atoms with Gasteiger partial charge in [0.2, 0.25) is 5.91 Å². The van der Waals surface area contributed by atoms with Gasteiger partial charge in [0.15, 0.2) is 0 Å². The second-order valence-electron chi connectivity index (χ2n) is 4.42. The Balaban J connectivity index is 2.32. The molecule has 0 bridgehead atoms. The Morgan fingerprint density at radius 2 is 2.28 bits per heavy atom. The van der Waals surface area contributed by atoms with Gasteiger partial charge in [0.1, 0.15) is 11.3 Å². The molecule has 2 rings (SSSR count). The predicted molar refractivity (Wildman–Crippen MR) is 75.1 cm³/mol. The summed E-state index contributed by atoms with van der Waals surface area (Å²) >= 11 is 1.76. The van der Waals surface area contributed by atoms with Crippen LogP contribution in [0.15, 0.2) is 24.3 Å². The largest absolute Gasteiger partial charge is 0.495 e. The third kappa shape index (κ3) is 2.14. The Bertz CT molecular complexity index is 452. The van der Waals surface area contributed by atoms with Gasteiger partial charge in [-0.3, -0.25) is 4.79 Å². The standard InChI is InChI=1S/C13H18N2O2S/c1-9-13(12(14)16,7-8-18-9)15-10-5-3-4-6-11(10)17-2/h3-6,9,15H,7-8H2,1-2H3,(H2,14,16). The molecule has 18 heavy (non-hydrogen) atoms. The Labute approximate surface area is 111 Å². The number of ether oxygens (including phenoxy) is 1. The molecule has 0 radical (unpaired) electrons. The number of carbonyl (C=O) groups is 1. The summed E-state index contributed by atoms with van der Waals surface area (Å²) in [4.78, 5) is 11.8. The molecule has 1 aromatic rings. The van der Waals surface area contributed by atoms with E-state index in [4.69, 9.17) is 10.5 Å². The molecule has 0 spiro atoms. The molecule has 3 N–H and O–H groups in total. The molecule has 2 unspecified atom stereocenters. The number of nitrogens with two attached hydrogens (primary N) is 1. The Hall–Kier alpha value is -1.36. The number of hydrogen-bond acceptors (Lipinski definition) is 4. The van der Waals surface area contributed by atoms with E-state index in [1.807, 2.05) is 31.2 Å². The average molecular weight is 266 g/mol. The van der Waals surface area contributed by atoms with E-state index in [0.717, 1.165) is 23.6 Å². The molecular formula is C13H18N2O2S. The maximum absolute atomic E-state index is 11.8. The summed E-state index contributed by atoms with van der Waals surface area (Å²) in [6.45, 7) is 2.03. The van der Waals surface area contributed by atoms with Gasteiger partial charge in [0.25, 0.3) is 0 Å². The number of hydrogen-bond donors (Lipinski definition) is 2. The maximum atomic E-state index is 11.8. The zero-order valence-corrected chi connectivity index (χ0v) is 11.4. The number of methoxy groups -OCH3 is 1. The first-order valence-electron chi connectivity index (χ1n) is 5.93. The molecule has 98 valence electrons. The van der Waals surface area contributed by atoms with E-state index >= 15 is 0 Å². The number of benzene rings is 1. The van der Waals surface area contributed by atoms with Crippen LogP contribution in [0.4, 0.5) is 5.69 Å². The summed E-state index contributed by atoms with van der Waals surface area (Å²) < 4.78 is 5.29. The van der Waals surface area contributed by atoms with Crippen molar-refractivity contribution in [3.05, 3.63) is 24.3 Å². The van der Waals surface area contributed by atoms with E-state index < -0.39 is 5.54 Å². The summed E-state index contributed by atoms with van der Waals surface area (Å²) in [5.41, 5.74) is 5.74. The van der Waals surface area contributed by atoms with Crippen molar-refractivity contribution in [2.24, 2.45) is 5.73 Å². The van der Waals surface area contributed by atoms with Gasteiger partial charge >= 0.3 is 0 Å². The molecule has 1 aliphatic heterocycles. The number of carbonyl (C=O) groups excluding carboxylic acids is 1. The van der Waals surface area contributed by atoms with Crippen LogP contribution in [0.5, 0.6) is 5.75 Å². The highest BCUT2D eigenvalue weighted by Crippen LogP contribution is 2.39. The topological polar surface area (TPSA) is 64.3 Å². The van der Waals surface area contributed by atoms with Gasteiger partial charge in [-0.05, 0) is 24.3 Å². The Kier molecular flexibility index (Phi) is 3.71. The second kappa shape index (κ2) is 5.10. The van der Waals surface area contributed by atoms with Crippen LogP contribution in [0.25, 0.3) is 0 Å². The fraction of sp³-hybridized carbons (Fsp3) is 0.462. The fourth-order valence-corrected chi connectivity index (χ4v) is 3.65. The SMILES string of the molecule is COc1ccccc1NC1(C(N)=O)CCSC1C. The predicted octanol–water partition coefficient (Wildman–Crippen LogP) is 1.86. The number of primary amides is 1. The minimum absolute atomic E-state index is 0.153. The number of rotatable bonds is 4. The van der Waals surface area contributed by atoms with Crippen LogP contribution < -0.4 is 15.8 Å². The van der Waals surface area contributed by atoms with Crippen LogP contribution in [-0.2, 0) is 4.79 Å². The van der Waals surface area contributed by atoms with E-state index in [1.165, 1.54) is 0 Å². The van der Waals surface area contributed by atoms with Crippen molar-refractivity contribution < 1.29 is 9.53 Å². The van der Waals surface area contributed by atoms with Crippen LogP contribution in [0.3, 0.4) is 0 Å². The van der Waals surface area contributed by atoms with Crippen molar-refractivity contribution in [3.63, 3.8) is 0 Å². The zero-order valence-electron chi connectivity index (χ0n) is 10.6. The van der Waals surface area contributed by atoms with Gasteiger partial charge in [0, 0.05) is 5.25 Å². The van der Waals surface area contributed by atoms with E-state index in [1.54, 1.807) is 18.9 Å². The van der Waals surface area contributed by atoms with E-state index in [9.17, 15) is 4.79 Å². The lowest BCUT2D eigenvalue weighted by Gasteiger charge is -2.32. The summed E-state index contributed by atoms with van der Waals surface area (Å²) in [5, 5.41) is 3.46. The van der Waals surface area contributed by atoms with Gasteiger partial charge in [0.05, 0.1) is 12.8 Å². The third-order valence-electron chi connectivity index (χ3n) is 3.46. The van der Waals surface area contributed by atoms with Crippen LogP contribution in [0, 0.1) is 0 Å². The molecule has 2 atom stereocenters. The molecule has 1 aromatic carbocycles. The van der Waals surface area contributed by atoms with Crippen molar-refractivity contribution in [1.82, 2.24) is 0 Å². The minimum atomic E-state index is -0.681. The highest BCUT2D eigenvalue weighted by molar-refractivity contribution is 8.00. The molecule has 1 heterocycles. The molecule has 1 fully saturated rings. The third-order valence-corrected chi connectivity index (χ3v) is 4.80. The molecule has 0 aliphatic carbocycles. The molecule has 5 heteroatoms. The summed E-state index contributed by atoms with van der Waals surface area (Å²) in [6.07, 6.45) is 0.742. The molecule has 0 saturated carbocycles. The number of anilines is 1. The lowest BCUT2D eigenvalue weighted by atomic mass is 9.91. The smallest absolute Gasteiger partial charge is 0.244 e. The highest BCUT2D eigenvalue weighted by Gasteiger charge is 2.46. The van der Waals surface area contributed by atoms with Crippen molar-refractivity contribution in [2.45, 2.75) is 24.1 Å². The normalized spacial score (nSPS) is 26.9.